The van der Waals surface area contributed by atoms with Crippen molar-refractivity contribution in [1.82, 2.24) is 9.78 Å². The highest BCUT2D eigenvalue weighted by Crippen LogP contribution is 2.57. The molecule has 10 heteroatoms. The Kier molecular flexibility index (Phi) is 5.80. The first-order chi connectivity index (χ1) is 16.5. The van der Waals surface area contributed by atoms with Crippen LogP contribution in [0.15, 0.2) is 36.4 Å². The third-order valence-corrected chi connectivity index (χ3v) is 7.64. The van der Waals surface area contributed by atoms with E-state index in [0.717, 1.165) is 12.1 Å². The molecule has 1 aromatic heterocycles. The van der Waals surface area contributed by atoms with Crippen LogP contribution < -0.4 is 11.1 Å². The standard InChI is InChI=1S/C25H24ClF3N4O2/c1-33-23(30)21(24(34)31-18-2-3-20(29)19(26)9-18)22(32-33)12-4-13-10-25(35,11-14(13)5-12)15-6-16(27)8-17(28)7-15/h2-3,6-9,12-14,35H,4-5,10-11,30H2,1H3,(H,31,34). The number of hydrogen-bond donors (Lipinski definition) is 3. The van der Waals surface area contributed by atoms with E-state index < -0.39 is 29.0 Å². The number of nitrogen functional groups attached to an aromatic ring is 1. The average molecular weight is 505 g/mol. The van der Waals surface area contributed by atoms with Gasteiger partial charge in [-0.05, 0) is 73.4 Å². The molecule has 3 aromatic rings. The molecule has 6 nitrogen and oxygen atoms in total. The van der Waals surface area contributed by atoms with E-state index in [1.54, 1.807) is 7.05 Å². The summed E-state index contributed by atoms with van der Waals surface area (Å²) in [4.78, 5) is 13.1. The molecule has 2 unspecified atom stereocenters. The molecule has 4 N–H and O–H groups in total. The summed E-state index contributed by atoms with van der Waals surface area (Å²) in [5.74, 6) is -2.16. The van der Waals surface area contributed by atoms with E-state index in [1.807, 2.05) is 0 Å². The molecular weight excluding hydrogens is 481 g/mol. The van der Waals surface area contributed by atoms with Crippen LogP contribution in [0.5, 0.6) is 0 Å². The van der Waals surface area contributed by atoms with Crippen molar-refractivity contribution in [2.24, 2.45) is 18.9 Å². The Bertz CT molecular complexity index is 1290. The van der Waals surface area contributed by atoms with E-state index in [1.165, 1.54) is 28.9 Å². The summed E-state index contributed by atoms with van der Waals surface area (Å²) >= 11 is 5.82. The van der Waals surface area contributed by atoms with Gasteiger partial charge in [-0.15, -0.1) is 0 Å². The minimum atomic E-state index is -1.30. The van der Waals surface area contributed by atoms with E-state index >= 15 is 0 Å². The lowest BCUT2D eigenvalue weighted by molar-refractivity contribution is 0.0338. The van der Waals surface area contributed by atoms with Crippen LogP contribution >= 0.6 is 11.6 Å². The zero-order valence-electron chi connectivity index (χ0n) is 18.9. The number of aliphatic hydroxyl groups is 1. The van der Waals surface area contributed by atoms with Gasteiger partial charge in [0.1, 0.15) is 28.8 Å². The van der Waals surface area contributed by atoms with E-state index in [4.69, 9.17) is 17.3 Å². The van der Waals surface area contributed by atoms with Crippen molar-refractivity contribution >= 4 is 29.0 Å². The monoisotopic (exact) mass is 504 g/mol. The van der Waals surface area contributed by atoms with Gasteiger partial charge in [-0.25, -0.2) is 13.2 Å². The Morgan fingerprint density at radius 2 is 1.77 bits per heavy atom. The molecule has 35 heavy (non-hydrogen) atoms. The number of carbonyl (C=O) groups is 1. The first-order valence-electron chi connectivity index (χ1n) is 11.3. The van der Waals surface area contributed by atoms with E-state index in [9.17, 15) is 23.1 Å². The third-order valence-electron chi connectivity index (χ3n) is 7.35. The van der Waals surface area contributed by atoms with Gasteiger partial charge in [0.15, 0.2) is 0 Å². The van der Waals surface area contributed by atoms with Crippen LogP contribution in [-0.4, -0.2) is 20.8 Å². The van der Waals surface area contributed by atoms with Crippen LogP contribution in [0.4, 0.5) is 24.7 Å². The predicted octanol–water partition coefficient (Wildman–Crippen LogP) is 5.12. The number of nitrogens with zero attached hydrogens (tertiary/aromatic N) is 2. The molecule has 0 spiro atoms. The Balaban J connectivity index is 1.36. The van der Waals surface area contributed by atoms with E-state index in [2.05, 4.69) is 10.4 Å². The van der Waals surface area contributed by atoms with Gasteiger partial charge in [-0.1, -0.05) is 11.6 Å². The molecule has 2 aliphatic rings. The summed E-state index contributed by atoms with van der Waals surface area (Å²) in [7, 11) is 1.65. The highest BCUT2D eigenvalue weighted by molar-refractivity contribution is 6.31. The van der Waals surface area contributed by atoms with Gasteiger partial charge < -0.3 is 16.2 Å². The second-order valence-corrected chi connectivity index (χ2v) is 10.0. The number of rotatable bonds is 4. The number of carbonyl (C=O) groups excluding carboxylic acids is 1. The fourth-order valence-corrected chi connectivity index (χ4v) is 5.97. The molecule has 184 valence electrons. The lowest BCUT2D eigenvalue weighted by Crippen LogP contribution is -2.23. The van der Waals surface area contributed by atoms with Gasteiger partial charge in [0.05, 0.1) is 16.3 Å². The Morgan fingerprint density at radius 3 is 2.37 bits per heavy atom. The average Bonchev–Trinajstić information content (AvgIpc) is 3.40. The zero-order valence-corrected chi connectivity index (χ0v) is 19.6. The minimum Gasteiger partial charge on any atom is -0.385 e. The van der Waals surface area contributed by atoms with Crippen molar-refractivity contribution in [2.45, 2.75) is 37.2 Å². The quantitative estimate of drug-likeness (QED) is 0.460. The highest BCUT2D eigenvalue weighted by atomic mass is 35.5. The Hall–Kier alpha value is -3.04. The molecule has 0 saturated heterocycles. The van der Waals surface area contributed by atoms with E-state index in [-0.39, 0.29) is 39.7 Å². The van der Waals surface area contributed by atoms with Gasteiger partial charge in [-0.3, -0.25) is 9.48 Å². The molecule has 0 bridgehead atoms. The molecule has 0 radical (unpaired) electrons. The van der Waals surface area contributed by atoms with Crippen molar-refractivity contribution in [3.63, 3.8) is 0 Å². The summed E-state index contributed by atoms with van der Waals surface area (Å²) < 4.78 is 42.4. The molecular formula is C25H24ClF3N4O2. The smallest absolute Gasteiger partial charge is 0.261 e. The summed E-state index contributed by atoms with van der Waals surface area (Å²) in [6, 6.07) is 7.04. The number of halogens is 4. The highest BCUT2D eigenvalue weighted by Gasteiger charge is 2.51. The predicted molar refractivity (Wildman–Crippen MR) is 125 cm³/mol. The number of nitrogens with two attached hydrogens (primary N) is 1. The number of fused-ring (bicyclic) bond motifs is 1. The molecule has 2 saturated carbocycles. The van der Waals surface area contributed by atoms with E-state index in [0.29, 0.717) is 37.1 Å². The van der Waals surface area contributed by atoms with Crippen LogP contribution in [0, 0.1) is 29.3 Å². The Morgan fingerprint density at radius 1 is 1.14 bits per heavy atom. The van der Waals surface area contributed by atoms with Crippen LogP contribution in [-0.2, 0) is 12.6 Å². The molecule has 5 rings (SSSR count). The molecule has 0 aliphatic heterocycles. The van der Waals surface area contributed by atoms with Crippen molar-refractivity contribution in [3.8, 4) is 0 Å². The fraction of sp³-hybridized carbons (Fsp3) is 0.360. The van der Waals surface area contributed by atoms with Crippen molar-refractivity contribution in [2.75, 3.05) is 11.1 Å². The molecule has 1 amide bonds. The minimum absolute atomic E-state index is 0.0696. The number of amides is 1. The maximum Gasteiger partial charge on any atom is 0.261 e. The van der Waals surface area contributed by atoms with Crippen LogP contribution in [0.25, 0.3) is 0 Å². The second-order valence-electron chi connectivity index (χ2n) is 9.64. The molecule has 2 atom stereocenters. The topological polar surface area (TPSA) is 93.2 Å². The largest absolute Gasteiger partial charge is 0.385 e. The summed E-state index contributed by atoms with van der Waals surface area (Å²) in [5.41, 5.74) is 6.28. The van der Waals surface area contributed by atoms with Crippen molar-refractivity contribution in [3.05, 3.63) is 75.7 Å². The first-order valence-corrected chi connectivity index (χ1v) is 11.7. The zero-order chi connectivity index (χ0) is 25.1. The number of hydrogen-bond acceptors (Lipinski definition) is 4. The van der Waals surface area contributed by atoms with Crippen LogP contribution in [0.1, 0.15) is 53.2 Å². The normalized spacial score (nSPS) is 25.6. The lowest BCUT2D eigenvalue weighted by atomic mass is 9.87. The third kappa shape index (κ3) is 4.27. The summed E-state index contributed by atoms with van der Waals surface area (Å²) in [5, 5.41) is 18.3. The second kappa shape index (κ2) is 8.57. The summed E-state index contributed by atoms with van der Waals surface area (Å²) in [6.45, 7) is 0. The fourth-order valence-electron chi connectivity index (χ4n) is 5.79. The van der Waals surface area contributed by atoms with Gasteiger partial charge in [0.2, 0.25) is 0 Å². The van der Waals surface area contributed by atoms with Crippen LogP contribution in [0.3, 0.4) is 0 Å². The van der Waals surface area contributed by atoms with Crippen LogP contribution in [0.2, 0.25) is 5.02 Å². The van der Waals surface area contributed by atoms with Crippen molar-refractivity contribution in [1.29, 1.82) is 0 Å². The van der Waals surface area contributed by atoms with Gasteiger partial charge in [0, 0.05) is 24.7 Å². The molecule has 1 heterocycles. The molecule has 2 fully saturated rings. The first kappa shape index (κ1) is 23.7. The van der Waals surface area contributed by atoms with Gasteiger partial charge >= 0.3 is 0 Å². The number of anilines is 2. The van der Waals surface area contributed by atoms with Crippen molar-refractivity contribution < 1.29 is 23.1 Å². The molecule has 2 aromatic carbocycles. The lowest BCUT2D eigenvalue weighted by Gasteiger charge is -2.25. The molecule has 2 aliphatic carbocycles. The SMILES string of the molecule is Cn1nc(C2CC3CC(O)(c4cc(F)cc(F)c4)CC3C2)c(C(=O)Nc2ccc(F)c(Cl)c2)c1N. The maximum absolute atomic E-state index is 13.7. The maximum atomic E-state index is 13.7. The number of benzene rings is 2. The number of aromatic nitrogens is 2. The summed E-state index contributed by atoms with van der Waals surface area (Å²) in [6.07, 6.45) is 2.05. The van der Waals surface area contributed by atoms with Gasteiger partial charge in [0.25, 0.3) is 5.91 Å². The Labute approximate surface area is 204 Å². The number of nitrogens with one attached hydrogen (secondary N) is 1. The van der Waals surface area contributed by atoms with Gasteiger partial charge in [-0.2, -0.15) is 5.10 Å². The number of aryl methyl sites for hydroxylation is 1.